The molecule has 1 heterocycles. The van der Waals surface area contributed by atoms with E-state index in [2.05, 4.69) is 25.8 Å². The molecule has 0 aliphatic carbocycles. The summed E-state index contributed by atoms with van der Waals surface area (Å²) in [6.07, 6.45) is 1.83. The van der Waals surface area contributed by atoms with E-state index in [1.54, 1.807) is 0 Å². The first-order valence-electron chi connectivity index (χ1n) is 8.67. The van der Waals surface area contributed by atoms with Crippen LogP contribution in [-0.2, 0) is 10.2 Å². The minimum atomic E-state index is -0.242. The van der Waals surface area contributed by atoms with Gasteiger partial charge in [0.2, 0.25) is 0 Å². The molecule has 1 aliphatic rings. The molecule has 2 aromatic rings. The maximum Gasteiger partial charge on any atom is 0.285 e. The van der Waals surface area contributed by atoms with Gasteiger partial charge in [-0.25, -0.2) is 0 Å². The smallest absolute Gasteiger partial charge is 0.285 e. The Morgan fingerprint density at radius 1 is 1.07 bits per heavy atom. The van der Waals surface area contributed by atoms with E-state index >= 15 is 0 Å². The molecule has 2 aromatic carbocycles. The van der Waals surface area contributed by atoms with Gasteiger partial charge in [-0.3, -0.25) is 9.59 Å². The zero-order valence-electron chi connectivity index (χ0n) is 15.6. The van der Waals surface area contributed by atoms with Crippen molar-refractivity contribution in [2.45, 2.75) is 26.2 Å². The number of rotatable bonds is 4. The molecule has 0 bridgehead atoms. The highest BCUT2D eigenvalue weighted by molar-refractivity contribution is 8.41. The minimum Gasteiger partial charge on any atom is -0.293 e. The van der Waals surface area contributed by atoms with Crippen LogP contribution in [0.25, 0.3) is 6.08 Å². The minimum absolute atomic E-state index is 0.0386. The van der Waals surface area contributed by atoms with Crippen LogP contribution in [0.1, 0.15) is 42.3 Å². The van der Waals surface area contributed by atoms with Crippen molar-refractivity contribution in [2.75, 3.05) is 5.75 Å². The molecule has 1 aliphatic heterocycles. The van der Waals surface area contributed by atoms with Crippen molar-refractivity contribution in [3.63, 3.8) is 0 Å². The fourth-order valence-corrected chi connectivity index (χ4v) is 4.41. The second-order valence-electron chi connectivity index (χ2n) is 7.24. The lowest BCUT2D eigenvalue weighted by Gasteiger charge is -2.18. The van der Waals surface area contributed by atoms with E-state index in [0.717, 1.165) is 5.56 Å². The molecular formula is C22H21NO2S2. The van der Waals surface area contributed by atoms with Gasteiger partial charge in [-0.2, -0.15) is 4.99 Å². The Kier molecular flexibility index (Phi) is 6.02. The number of aliphatic imine (C=N–C) groups is 1. The first kappa shape index (κ1) is 19.6. The molecule has 0 radical (unpaired) electrons. The lowest BCUT2D eigenvalue weighted by Crippen LogP contribution is -2.11. The van der Waals surface area contributed by atoms with Gasteiger partial charge in [0.05, 0.1) is 10.7 Å². The summed E-state index contributed by atoms with van der Waals surface area (Å²) < 4.78 is 0.627. The van der Waals surface area contributed by atoms with Crippen molar-refractivity contribution in [2.24, 2.45) is 4.99 Å². The number of benzene rings is 2. The van der Waals surface area contributed by atoms with E-state index in [4.69, 9.17) is 0 Å². The van der Waals surface area contributed by atoms with Crippen LogP contribution in [0.5, 0.6) is 0 Å². The first-order valence-corrected chi connectivity index (χ1v) is 10.5. The Labute approximate surface area is 168 Å². The topological polar surface area (TPSA) is 46.5 Å². The lowest BCUT2D eigenvalue weighted by atomic mass is 9.86. The molecule has 0 N–H and O–H groups in total. The number of amides is 1. The summed E-state index contributed by atoms with van der Waals surface area (Å²) in [6.45, 7) is 6.44. The molecule has 0 aromatic heterocycles. The molecule has 1 amide bonds. The number of Topliss-reactive ketones (excluding diaryl/α,β-unsaturated/α-hetero) is 1. The number of hydrogen-bond donors (Lipinski definition) is 0. The van der Waals surface area contributed by atoms with Crippen molar-refractivity contribution in [1.82, 2.24) is 0 Å². The molecule has 0 saturated carbocycles. The summed E-state index contributed by atoms with van der Waals surface area (Å²) in [5.74, 6) is 0.0668. The van der Waals surface area contributed by atoms with Crippen molar-refractivity contribution in [1.29, 1.82) is 0 Å². The average molecular weight is 396 g/mol. The summed E-state index contributed by atoms with van der Waals surface area (Å²) >= 11 is 2.65. The molecule has 27 heavy (non-hydrogen) atoms. The van der Waals surface area contributed by atoms with Crippen LogP contribution in [0.15, 0.2) is 64.5 Å². The third kappa shape index (κ3) is 5.21. The fraction of sp³-hybridized carbons (Fsp3) is 0.227. The summed E-state index contributed by atoms with van der Waals surface area (Å²) in [5.41, 5.74) is 2.91. The van der Waals surface area contributed by atoms with Crippen molar-refractivity contribution in [3.8, 4) is 0 Å². The molecule has 0 unspecified atom stereocenters. The van der Waals surface area contributed by atoms with Gasteiger partial charge in [0, 0.05) is 5.56 Å². The van der Waals surface area contributed by atoms with E-state index in [1.165, 1.54) is 29.1 Å². The Morgan fingerprint density at radius 2 is 1.74 bits per heavy atom. The maximum atomic E-state index is 12.4. The number of hydrogen-bond acceptors (Lipinski definition) is 4. The third-order valence-electron chi connectivity index (χ3n) is 4.10. The molecule has 3 rings (SSSR count). The van der Waals surface area contributed by atoms with Gasteiger partial charge >= 0.3 is 0 Å². The Hall–Kier alpha value is -2.11. The molecule has 0 fully saturated rings. The van der Waals surface area contributed by atoms with E-state index < -0.39 is 0 Å². The van der Waals surface area contributed by atoms with E-state index in [-0.39, 0.29) is 22.9 Å². The molecule has 0 atom stereocenters. The van der Waals surface area contributed by atoms with Gasteiger partial charge in [0.15, 0.2) is 5.78 Å². The van der Waals surface area contributed by atoms with E-state index in [1.807, 2.05) is 60.7 Å². The van der Waals surface area contributed by atoms with Crippen molar-refractivity contribution < 1.29 is 9.59 Å². The molecular weight excluding hydrogens is 374 g/mol. The van der Waals surface area contributed by atoms with Gasteiger partial charge in [-0.15, -0.1) is 0 Å². The summed E-state index contributed by atoms with van der Waals surface area (Å²) in [4.78, 5) is 29.1. The van der Waals surface area contributed by atoms with E-state index in [0.29, 0.717) is 14.8 Å². The molecule has 138 valence electrons. The molecule has 0 saturated heterocycles. The highest BCUT2D eigenvalue weighted by atomic mass is 32.2. The average Bonchev–Trinajstić information content (AvgIpc) is 2.99. The number of nitrogens with zero attached hydrogens (tertiary/aromatic N) is 1. The molecule has 3 nitrogen and oxygen atoms in total. The SMILES string of the molecule is CC(C)(C)c1ccc(C(=O)CSC2=NC(=O)C(=Cc3ccccc3)S2)cc1. The second kappa shape index (κ2) is 8.28. The number of ketones is 1. The Bertz CT molecular complexity index is 908. The van der Waals surface area contributed by atoms with E-state index in [9.17, 15) is 9.59 Å². The normalized spacial score (nSPS) is 15.9. The van der Waals surface area contributed by atoms with Crippen LogP contribution in [-0.4, -0.2) is 21.8 Å². The quantitative estimate of drug-likeness (QED) is 0.501. The van der Waals surface area contributed by atoms with Crippen LogP contribution in [0.3, 0.4) is 0 Å². The molecule has 5 heteroatoms. The van der Waals surface area contributed by atoms with Gasteiger partial charge in [0.25, 0.3) is 5.91 Å². The number of thioether (sulfide) groups is 2. The third-order valence-corrected chi connectivity index (χ3v) is 6.22. The fourth-order valence-electron chi connectivity index (χ4n) is 2.52. The van der Waals surface area contributed by atoms with Crippen molar-refractivity contribution >= 4 is 45.7 Å². The van der Waals surface area contributed by atoms with Gasteiger partial charge in [-0.1, -0.05) is 98.9 Å². The Morgan fingerprint density at radius 3 is 2.37 bits per heavy atom. The summed E-state index contributed by atoms with van der Waals surface area (Å²) in [5, 5.41) is 0. The van der Waals surface area contributed by atoms with Crippen molar-refractivity contribution in [3.05, 3.63) is 76.2 Å². The van der Waals surface area contributed by atoms with Crippen LogP contribution in [0, 0.1) is 0 Å². The zero-order valence-corrected chi connectivity index (χ0v) is 17.2. The second-order valence-corrected chi connectivity index (χ2v) is 9.50. The maximum absolute atomic E-state index is 12.4. The van der Waals surface area contributed by atoms with Gasteiger partial charge < -0.3 is 0 Å². The predicted molar refractivity (Wildman–Crippen MR) is 116 cm³/mol. The van der Waals surface area contributed by atoms with Crippen LogP contribution < -0.4 is 0 Å². The summed E-state index contributed by atoms with van der Waals surface area (Å²) in [7, 11) is 0. The number of carbonyl (C=O) groups is 2. The monoisotopic (exact) mass is 395 g/mol. The summed E-state index contributed by atoms with van der Waals surface area (Å²) in [6, 6.07) is 17.4. The lowest BCUT2D eigenvalue weighted by molar-refractivity contribution is -0.113. The van der Waals surface area contributed by atoms with Crippen LogP contribution in [0.2, 0.25) is 0 Å². The van der Waals surface area contributed by atoms with Gasteiger partial charge in [0.1, 0.15) is 4.38 Å². The Balaban J connectivity index is 1.59. The first-order chi connectivity index (χ1) is 12.8. The number of carbonyl (C=O) groups excluding carboxylic acids is 2. The van der Waals surface area contributed by atoms with Crippen LogP contribution >= 0.6 is 23.5 Å². The van der Waals surface area contributed by atoms with Crippen LogP contribution in [0.4, 0.5) is 0 Å². The molecule has 0 spiro atoms. The van der Waals surface area contributed by atoms with Gasteiger partial charge in [-0.05, 0) is 22.6 Å². The predicted octanol–water partition coefficient (Wildman–Crippen LogP) is 5.57. The highest BCUT2D eigenvalue weighted by Crippen LogP contribution is 2.34. The standard InChI is InChI=1S/C22H21NO2S2/c1-22(2,3)17-11-9-16(10-12-17)18(24)14-26-21-23-20(25)19(27-21)13-15-7-5-4-6-8-15/h4-13H,14H2,1-3H3. The highest BCUT2D eigenvalue weighted by Gasteiger charge is 2.23. The largest absolute Gasteiger partial charge is 0.293 e. The zero-order chi connectivity index (χ0) is 19.4.